The van der Waals surface area contributed by atoms with Crippen LogP contribution in [0.3, 0.4) is 0 Å². The number of hydrogen-bond acceptors (Lipinski definition) is 3. The summed E-state index contributed by atoms with van der Waals surface area (Å²) in [6, 6.07) is 1.06. The Morgan fingerprint density at radius 3 is 2.45 bits per heavy atom. The van der Waals surface area contributed by atoms with E-state index in [4.69, 9.17) is 4.55 Å². The van der Waals surface area contributed by atoms with Gasteiger partial charge in [0.1, 0.15) is 5.75 Å². The Morgan fingerprint density at radius 1 is 1.45 bits per heavy atom. The van der Waals surface area contributed by atoms with Gasteiger partial charge in [-0.25, -0.2) is 0 Å². The maximum Gasteiger partial charge on any atom is 0.270 e. The van der Waals surface area contributed by atoms with Gasteiger partial charge in [0.15, 0.2) is 0 Å². The molecule has 7 heteroatoms. The van der Waals surface area contributed by atoms with Gasteiger partial charge >= 0.3 is 0 Å². The molecule has 0 aliphatic carbocycles. The van der Waals surface area contributed by atoms with Crippen molar-refractivity contribution in [3.63, 3.8) is 0 Å². The number of H-pyrrole nitrogens is 2. The molecule has 1 rings (SSSR count). The molecule has 1 heterocycles. The summed E-state index contributed by atoms with van der Waals surface area (Å²) in [6.07, 6.45) is 0. The molecule has 0 aliphatic heterocycles. The summed E-state index contributed by atoms with van der Waals surface area (Å²) < 4.78 is 28.8. The molecule has 0 unspecified atom stereocenters. The van der Waals surface area contributed by atoms with Crippen LogP contribution in [0.1, 0.15) is 5.69 Å². The number of nitrogens with one attached hydrogen (secondary N) is 2. The van der Waals surface area contributed by atoms with E-state index in [0.29, 0.717) is 0 Å². The first-order valence-electron chi connectivity index (χ1n) is 2.69. The summed E-state index contributed by atoms with van der Waals surface area (Å²) >= 11 is 0. The average Bonchev–Trinajstić information content (AvgIpc) is 2.10. The SMILES string of the molecule is O=c1cc(CS(=O)(=O)O)[nH][nH]1. The lowest BCUT2D eigenvalue weighted by Crippen LogP contribution is -2.01. The van der Waals surface area contributed by atoms with Crippen LogP contribution in [0.5, 0.6) is 0 Å². The molecule has 0 amide bonds. The molecule has 0 saturated heterocycles. The van der Waals surface area contributed by atoms with E-state index in [1.807, 2.05) is 0 Å². The Labute approximate surface area is 62.0 Å². The lowest BCUT2D eigenvalue weighted by atomic mass is 10.5. The highest BCUT2D eigenvalue weighted by atomic mass is 32.2. The van der Waals surface area contributed by atoms with Crippen molar-refractivity contribution in [2.45, 2.75) is 5.75 Å². The molecule has 1 aromatic rings. The van der Waals surface area contributed by atoms with Crippen LogP contribution < -0.4 is 5.56 Å². The summed E-state index contributed by atoms with van der Waals surface area (Å²) in [5.74, 6) is -0.578. The van der Waals surface area contributed by atoms with Gasteiger partial charge in [-0.15, -0.1) is 0 Å². The van der Waals surface area contributed by atoms with Crippen LogP contribution in [-0.2, 0) is 15.9 Å². The molecule has 0 aromatic carbocycles. The van der Waals surface area contributed by atoms with Gasteiger partial charge < -0.3 is 5.10 Å². The fourth-order valence-electron chi connectivity index (χ4n) is 0.647. The lowest BCUT2D eigenvalue weighted by molar-refractivity contribution is 0.481. The second-order valence-corrected chi connectivity index (χ2v) is 3.46. The van der Waals surface area contributed by atoms with E-state index in [2.05, 4.69) is 10.2 Å². The second-order valence-electron chi connectivity index (χ2n) is 2.01. The highest BCUT2D eigenvalue weighted by Crippen LogP contribution is 1.95. The maximum atomic E-state index is 10.4. The van der Waals surface area contributed by atoms with Crippen LogP contribution in [0.25, 0.3) is 0 Å². The molecule has 11 heavy (non-hydrogen) atoms. The van der Waals surface area contributed by atoms with Crippen molar-refractivity contribution in [1.29, 1.82) is 0 Å². The van der Waals surface area contributed by atoms with Crippen LogP contribution in [0.15, 0.2) is 10.9 Å². The van der Waals surface area contributed by atoms with Gasteiger partial charge in [-0.1, -0.05) is 0 Å². The fourth-order valence-corrected chi connectivity index (χ4v) is 1.20. The van der Waals surface area contributed by atoms with Crippen molar-refractivity contribution in [1.82, 2.24) is 10.2 Å². The molecule has 0 saturated carbocycles. The lowest BCUT2D eigenvalue weighted by Gasteiger charge is -1.89. The Morgan fingerprint density at radius 2 is 2.09 bits per heavy atom. The summed E-state index contributed by atoms with van der Waals surface area (Å²) in [6.45, 7) is 0. The normalized spacial score (nSPS) is 11.7. The number of aromatic nitrogens is 2. The fraction of sp³-hybridized carbons (Fsp3) is 0.250. The zero-order valence-electron chi connectivity index (χ0n) is 5.36. The Bertz CT molecular complexity index is 386. The molecule has 0 atom stereocenters. The summed E-state index contributed by atoms with van der Waals surface area (Å²) in [5, 5.41) is 4.42. The number of rotatable bonds is 2. The first kappa shape index (κ1) is 8.02. The van der Waals surface area contributed by atoms with E-state index in [9.17, 15) is 13.2 Å². The predicted molar refractivity (Wildman–Crippen MR) is 36.7 cm³/mol. The minimum atomic E-state index is -4.05. The van der Waals surface area contributed by atoms with Crippen LogP contribution >= 0.6 is 0 Å². The van der Waals surface area contributed by atoms with Crippen molar-refractivity contribution in [3.8, 4) is 0 Å². The van der Waals surface area contributed by atoms with Crippen molar-refractivity contribution >= 4 is 10.1 Å². The van der Waals surface area contributed by atoms with E-state index in [1.54, 1.807) is 0 Å². The summed E-state index contributed by atoms with van der Waals surface area (Å²) in [4.78, 5) is 10.4. The maximum absolute atomic E-state index is 10.4. The van der Waals surface area contributed by atoms with Crippen molar-refractivity contribution in [3.05, 3.63) is 22.1 Å². The highest BCUT2D eigenvalue weighted by molar-refractivity contribution is 7.84. The van der Waals surface area contributed by atoms with Crippen LogP contribution in [0.2, 0.25) is 0 Å². The van der Waals surface area contributed by atoms with E-state index in [1.165, 1.54) is 0 Å². The van der Waals surface area contributed by atoms with Gasteiger partial charge in [-0.2, -0.15) is 8.42 Å². The van der Waals surface area contributed by atoms with E-state index < -0.39 is 21.4 Å². The zero-order valence-corrected chi connectivity index (χ0v) is 6.18. The molecule has 0 aliphatic rings. The summed E-state index contributed by atoms with van der Waals surface area (Å²) in [5.41, 5.74) is -0.291. The molecular formula is C4H6N2O4S. The van der Waals surface area contributed by atoms with Crippen molar-refractivity contribution in [2.75, 3.05) is 0 Å². The molecule has 1 aromatic heterocycles. The van der Waals surface area contributed by atoms with Crippen LogP contribution in [0.4, 0.5) is 0 Å². The third-order valence-electron chi connectivity index (χ3n) is 0.989. The number of hydrogen-bond donors (Lipinski definition) is 3. The van der Waals surface area contributed by atoms with Crippen LogP contribution in [0, 0.1) is 0 Å². The molecule has 0 radical (unpaired) electrons. The Kier molecular flexibility index (Phi) is 1.83. The molecule has 3 N–H and O–H groups in total. The Balaban J connectivity index is 2.90. The quantitative estimate of drug-likeness (QED) is 0.510. The first-order chi connectivity index (χ1) is 4.97. The van der Waals surface area contributed by atoms with E-state index in [0.717, 1.165) is 6.07 Å². The largest absolute Gasteiger partial charge is 0.301 e. The van der Waals surface area contributed by atoms with Crippen molar-refractivity contribution < 1.29 is 13.0 Å². The van der Waals surface area contributed by atoms with E-state index >= 15 is 0 Å². The predicted octanol–water partition coefficient (Wildman–Crippen LogP) is -0.909. The van der Waals surface area contributed by atoms with Gasteiger partial charge in [0.25, 0.3) is 15.7 Å². The van der Waals surface area contributed by atoms with Crippen molar-refractivity contribution in [2.24, 2.45) is 0 Å². The smallest absolute Gasteiger partial charge is 0.270 e. The highest BCUT2D eigenvalue weighted by Gasteiger charge is 2.07. The summed E-state index contributed by atoms with van der Waals surface area (Å²) in [7, 11) is -4.05. The average molecular weight is 178 g/mol. The third kappa shape index (κ3) is 2.56. The molecule has 62 valence electrons. The monoisotopic (exact) mass is 178 g/mol. The molecule has 6 nitrogen and oxygen atoms in total. The molecular weight excluding hydrogens is 172 g/mol. The first-order valence-corrected chi connectivity index (χ1v) is 4.30. The second kappa shape index (κ2) is 2.51. The molecule has 0 fully saturated rings. The minimum Gasteiger partial charge on any atom is -0.301 e. The third-order valence-corrected chi connectivity index (χ3v) is 1.67. The zero-order chi connectivity index (χ0) is 8.48. The Hall–Kier alpha value is -1.08. The van der Waals surface area contributed by atoms with Gasteiger partial charge in [0.2, 0.25) is 0 Å². The van der Waals surface area contributed by atoms with Gasteiger partial charge in [0, 0.05) is 6.07 Å². The number of aromatic amines is 2. The van der Waals surface area contributed by atoms with Gasteiger partial charge in [-0.3, -0.25) is 14.4 Å². The molecule has 0 bridgehead atoms. The minimum absolute atomic E-state index is 0.137. The standard InChI is InChI=1S/C4H6N2O4S/c7-4-1-3(5-6-4)2-11(8,9)10/h1H,2H2,(H2,5,6,7)(H,8,9,10). The van der Waals surface area contributed by atoms with Gasteiger partial charge in [-0.05, 0) is 0 Å². The molecule has 0 spiro atoms. The van der Waals surface area contributed by atoms with Gasteiger partial charge in [0.05, 0.1) is 5.69 Å². The van der Waals surface area contributed by atoms with E-state index in [-0.39, 0.29) is 5.69 Å². The van der Waals surface area contributed by atoms with Crippen LogP contribution in [-0.4, -0.2) is 23.2 Å². The topological polar surface area (TPSA) is 103 Å².